The summed E-state index contributed by atoms with van der Waals surface area (Å²) in [5.41, 5.74) is -1.03. The van der Waals surface area contributed by atoms with E-state index in [1.54, 1.807) is 36.5 Å². The summed E-state index contributed by atoms with van der Waals surface area (Å²) >= 11 is 0. The Morgan fingerprint density at radius 3 is 2.38 bits per heavy atom. The largest absolute Gasteiger partial charge is 0.457 e. The van der Waals surface area contributed by atoms with Gasteiger partial charge in [0.25, 0.3) is 0 Å². The van der Waals surface area contributed by atoms with Crippen molar-refractivity contribution in [2.24, 2.45) is 0 Å². The normalized spacial score (nSPS) is 15.7. The average molecular weight is 577 g/mol. The molecule has 2 aliphatic heterocycles. The van der Waals surface area contributed by atoms with E-state index < -0.39 is 22.9 Å². The van der Waals surface area contributed by atoms with Crippen LogP contribution in [0.15, 0.2) is 71.9 Å². The first-order valence-corrected chi connectivity index (χ1v) is 13.6. The molecule has 2 aromatic heterocycles. The van der Waals surface area contributed by atoms with Gasteiger partial charge >= 0.3 is 11.8 Å². The number of anilines is 1. The molecule has 2 fully saturated rings. The number of carbonyl (C=O) groups is 1. The summed E-state index contributed by atoms with van der Waals surface area (Å²) < 4.78 is 41.9. The van der Waals surface area contributed by atoms with Gasteiger partial charge in [-0.3, -0.25) is 9.47 Å². The molecule has 0 saturated carbocycles. The van der Waals surface area contributed by atoms with E-state index in [9.17, 15) is 18.4 Å². The van der Waals surface area contributed by atoms with Crippen molar-refractivity contribution in [2.75, 3.05) is 24.5 Å². The molecule has 12 heteroatoms. The lowest BCUT2D eigenvalue weighted by Gasteiger charge is -2.62. The second-order valence-corrected chi connectivity index (χ2v) is 11.6. The maximum atomic E-state index is 14.0. The minimum absolute atomic E-state index is 0.207. The number of benzene rings is 2. The van der Waals surface area contributed by atoms with Gasteiger partial charge in [-0.05, 0) is 69.7 Å². The van der Waals surface area contributed by atoms with Crippen LogP contribution in [0.4, 0.5) is 19.4 Å². The quantitative estimate of drug-likeness (QED) is 0.327. The maximum absolute atomic E-state index is 14.0. The highest BCUT2D eigenvalue weighted by molar-refractivity contribution is 5.72. The second-order valence-electron chi connectivity index (χ2n) is 11.6. The fourth-order valence-corrected chi connectivity index (χ4v) is 5.20. The summed E-state index contributed by atoms with van der Waals surface area (Å²) in [5.74, 6) is 0.408. The van der Waals surface area contributed by atoms with E-state index in [2.05, 4.69) is 15.0 Å². The van der Waals surface area contributed by atoms with Gasteiger partial charge in [-0.2, -0.15) is 9.78 Å². The minimum Gasteiger partial charge on any atom is -0.457 e. The predicted molar refractivity (Wildman–Crippen MR) is 150 cm³/mol. The number of likely N-dealkylation sites (tertiary alicyclic amines) is 1. The van der Waals surface area contributed by atoms with Crippen molar-refractivity contribution in [3.63, 3.8) is 0 Å². The Bertz CT molecular complexity index is 1670. The highest BCUT2D eigenvalue weighted by Gasteiger charge is 2.56. The Hall–Kier alpha value is -4.74. The third kappa shape index (κ3) is 5.19. The molecule has 0 N–H and O–H groups in total. The van der Waals surface area contributed by atoms with Crippen LogP contribution in [0.5, 0.6) is 11.5 Å². The summed E-state index contributed by atoms with van der Waals surface area (Å²) in [7, 11) is 0. The van der Waals surface area contributed by atoms with Gasteiger partial charge in [0, 0.05) is 37.5 Å². The van der Waals surface area contributed by atoms with Crippen molar-refractivity contribution < 1.29 is 23.0 Å². The van der Waals surface area contributed by atoms with Crippen LogP contribution in [0.2, 0.25) is 0 Å². The topological polar surface area (TPSA) is 94.7 Å². The van der Waals surface area contributed by atoms with Gasteiger partial charge in [0.15, 0.2) is 0 Å². The molecule has 218 valence electrons. The Labute approximate surface area is 240 Å². The molecular weight excluding hydrogens is 546 g/mol. The monoisotopic (exact) mass is 576 g/mol. The number of nitrogens with zero attached hydrogens (tertiary/aromatic N) is 6. The molecule has 4 aromatic rings. The van der Waals surface area contributed by atoms with Gasteiger partial charge in [0.1, 0.15) is 40.9 Å². The number of hydrogen-bond donors (Lipinski definition) is 0. The van der Waals surface area contributed by atoms with Crippen LogP contribution < -0.4 is 15.3 Å². The lowest BCUT2D eigenvalue weighted by atomic mass is 9.78. The molecule has 2 aromatic carbocycles. The Balaban J connectivity index is 1.09. The lowest BCUT2D eigenvalue weighted by Crippen LogP contribution is -2.78. The van der Waals surface area contributed by atoms with E-state index >= 15 is 0 Å². The van der Waals surface area contributed by atoms with E-state index in [1.807, 2.05) is 31.7 Å². The summed E-state index contributed by atoms with van der Waals surface area (Å²) in [5, 5.41) is 4.09. The van der Waals surface area contributed by atoms with Crippen molar-refractivity contribution >= 4 is 11.9 Å². The summed E-state index contributed by atoms with van der Waals surface area (Å²) in [6, 6.07) is 13.9. The van der Waals surface area contributed by atoms with Gasteiger partial charge in [0.2, 0.25) is 0 Å². The van der Waals surface area contributed by atoms with E-state index in [4.69, 9.17) is 9.47 Å². The Kier molecular flexibility index (Phi) is 6.71. The molecule has 2 saturated heterocycles. The fraction of sp³-hybridized carbons (Fsp3) is 0.333. The van der Waals surface area contributed by atoms with Crippen molar-refractivity contribution in [2.45, 2.75) is 44.9 Å². The molecule has 4 heterocycles. The number of aromatic nitrogens is 4. The number of ether oxygens (including phenoxy) is 2. The molecule has 0 unspecified atom stereocenters. The SMILES string of the molecule is CC(C)(C)OC(=O)N1CCC12CN(c1cc(Oc3ccc(-n4ncn(Cc5c(F)cccc5F)c4=O)cc3)ccn1)C2. The van der Waals surface area contributed by atoms with Crippen LogP contribution in [-0.4, -0.2) is 61.1 Å². The number of amides is 1. The van der Waals surface area contributed by atoms with E-state index in [0.717, 1.165) is 33.6 Å². The predicted octanol–water partition coefficient (Wildman–Crippen LogP) is 4.75. The highest BCUT2D eigenvalue weighted by atomic mass is 19.1. The van der Waals surface area contributed by atoms with Crippen LogP contribution >= 0.6 is 0 Å². The first-order chi connectivity index (χ1) is 20.0. The molecule has 0 radical (unpaired) electrons. The van der Waals surface area contributed by atoms with Crippen molar-refractivity contribution in [1.29, 1.82) is 0 Å². The van der Waals surface area contributed by atoms with Crippen LogP contribution in [0.1, 0.15) is 32.8 Å². The zero-order valence-corrected chi connectivity index (χ0v) is 23.5. The first kappa shape index (κ1) is 27.4. The van der Waals surface area contributed by atoms with Gasteiger partial charge in [-0.15, -0.1) is 0 Å². The van der Waals surface area contributed by atoms with Crippen LogP contribution in [-0.2, 0) is 11.3 Å². The zero-order valence-electron chi connectivity index (χ0n) is 23.5. The second kappa shape index (κ2) is 10.3. The highest BCUT2D eigenvalue weighted by Crippen LogP contribution is 2.42. The molecule has 6 rings (SSSR count). The number of pyridine rings is 1. The molecule has 42 heavy (non-hydrogen) atoms. The van der Waals surface area contributed by atoms with Gasteiger partial charge in [-0.1, -0.05) is 6.07 Å². The third-order valence-electron chi connectivity index (χ3n) is 7.44. The first-order valence-electron chi connectivity index (χ1n) is 13.6. The molecule has 1 amide bonds. The van der Waals surface area contributed by atoms with Crippen LogP contribution in [0.25, 0.3) is 5.69 Å². The third-order valence-corrected chi connectivity index (χ3v) is 7.44. The van der Waals surface area contributed by atoms with Crippen molar-refractivity contribution in [3.8, 4) is 17.2 Å². The van der Waals surface area contributed by atoms with Crippen molar-refractivity contribution in [1.82, 2.24) is 24.2 Å². The van der Waals surface area contributed by atoms with Gasteiger partial charge in [-0.25, -0.2) is 23.4 Å². The number of halogens is 2. The Morgan fingerprint density at radius 2 is 1.74 bits per heavy atom. The summed E-state index contributed by atoms with van der Waals surface area (Å²) in [6.07, 6.45) is 3.55. The van der Waals surface area contributed by atoms with Crippen LogP contribution in [0.3, 0.4) is 0 Å². The lowest BCUT2D eigenvalue weighted by molar-refractivity contribution is -0.0562. The average Bonchev–Trinajstić information content (AvgIpc) is 3.24. The van der Waals surface area contributed by atoms with Gasteiger partial charge < -0.3 is 14.4 Å². The zero-order chi connectivity index (χ0) is 29.6. The smallest absolute Gasteiger partial charge is 0.410 e. The minimum atomic E-state index is -0.727. The Morgan fingerprint density at radius 1 is 1.02 bits per heavy atom. The molecular formula is C30H30F2N6O4. The molecule has 0 aliphatic carbocycles. The van der Waals surface area contributed by atoms with E-state index in [0.29, 0.717) is 36.8 Å². The summed E-state index contributed by atoms with van der Waals surface area (Å²) in [4.78, 5) is 33.8. The summed E-state index contributed by atoms with van der Waals surface area (Å²) in [6.45, 7) is 7.33. The van der Waals surface area contributed by atoms with Gasteiger partial charge in [0.05, 0.1) is 17.8 Å². The maximum Gasteiger partial charge on any atom is 0.410 e. The molecule has 0 bridgehead atoms. The van der Waals surface area contributed by atoms with Crippen LogP contribution in [0, 0.1) is 11.6 Å². The molecule has 2 aliphatic rings. The number of carbonyl (C=O) groups excluding carboxylic acids is 1. The van der Waals surface area contributed by atoms with E-state index in [1.165, 1.54) is 12.4 Å². The molecule has 0 atom stereocenters. The van der Waals surface area contributed by atoms with Crippen molar-refractivity contribution in [3.05, 3.63) is 94.8 Å². The number of hydrogen-bond acceptors (Lipinski definition) is 7. The number of rotatable bonds is 6. The fourth-order valence-electron chi connectivity index (χ4n) is 5.20. The van der Waals surface area contributed by atoms with E-state index in [-0.39, 0.29) is 23.7 Å². The molecule has 10 nitrogen and oxygen atoms in total. The molecule has 1 spiro atoms. The standard InChI is InChI=1S/C30H30F2N6O4/c1-29(2,3)42-28(40)37-14-12-30(37)17-36(18-30)26-15-22(11-13-33-26)41-21-9-7-20(8-10-21)38-27(39)35(19-34-38)16-23-24(31)5-4-6-25(23)32/h4-11,13,15,19H,12,14,16-18H2,1-3H3.